The van der Waals surface area contributed by atoms with Crippen LogP contribution in [0.1, 0.15) is 328 Å². The van der Waals surface area contributed by atoms with E-state index < -0.39 is 20.0 Å². The van der Waals surface area contributed by atoms with Gasteiger partial charge in [-0.25, -0.2) is 0 Å². The number of carbonyl (C=O) groups excluding carboxylic acids is 1. The van der Waals surface area contributed by atoms with E-state index in [1.807, 2.05) is 21.1 Å². The number of nitrogens with zero attached hydrogens (tertiary/aromatic N) is 1. The van der Waals surface area contributed by atoms with E-state index in [2.05, 4.69) is 31.3 Å². The first kappa shape index (κ1) is 70.2. The van der Waals surface area contributed by atoms with E-state index in [4.69, 9.17) is 9.05 Å². The first-order valence-electron chi connectivity index (χ1n) is 31.5. The number of hydrogen-bond acceptors (Lipinski definition) is 6. The summed E-state index contributed by atoms with van der Waals surface area (Å²) >= 11 is 0. The molecule has 0 saturated heterocycles. The van der Waals surface area contributed by atoms with Gasteiger partial charge in [0.25, 0.3) is 7.82 Å². The maximum Gasteiger partial charge on any atom is 0.268 e. The van der Waals surface area contributed by atoms with E-state index in [0.717, 1.165) is 38.5 Å². The fourth-order valence-corrected chi connectivity index (χ4v) is 10.5. The zero-order valence-electron chi connectivity index (χ0n) is 48.5. The fraction of sp³-hybridized carbons (Fsp3) is 0.952. The molecule has 0 aromatic carbocycles. The van der Waals surface area contributed by atoms with Crippen LogP contribution in [0.4, 0.5) is 0 Å². The molecule has 0 aromatic rings. The van der Waals surface area contributed by atoms with Crippen LogP contribution in [0.3, 0.4) is 0 Å². The summed E-state index contributed by atoms with van der Waals surface area (Å²) in [6.45, 7) is 4.77. The first-order chi connectivity index (χ1) is 34.5. The van der Waals surface area contributed by atoms with Gasteiger partial charge in [0.05, 0.1) is 39.9 Å². The molecule has 9 heteroatoms. The van der Waals surface area contributed by atoms with Gasteiger partial charge in [-0.15, -0.1) is 0 Å². The summed E-state index contributed by atoms with van der Waals surface area (Å²) in [5.74, 6) is -0.158. The Balaban J connectivity index is 3.91. The molecule has 0 aliphatic rings. The minimum Gasteiger partial charge on any atom is -0.756 e. The van der Waals surface area contributed by atoms with Crippen LogP contribution in [-0.4, -0.2) is 68.5 Å². The Morgan fingerprint density at radius 1 is 0.479 bits per heavy atom. The third-order valence-electron chi connectivity index (χ3n) is 14.8. The number of nitrogens with one attached hydrogen (secondary N) is 1. The van der Waals surface area contributed by atoms with Gasteiger partial charge in [-0.3, -0.25) is 9.36 Å². The van der Waals surface area contributed by atoms with Crippen LogP contribution in [-0.2, 0) is 18.4 Å². The summed E-state index contributed by atoms with van der Waals surface area (Å²) in [5, 5.41) is 14.0. The summed E-state index contributed by atoms with van der Waals surface area (Å²) in [5.41, 5.74) is 0. The molecule has 3 unspecified atom stereocenters. The predicted molar refractivity (Wildman–Crippen MR) is 307 cm³/mol. The molecule has 0 fully saturated rings. The smallest absolute Gasteiger partial charge is 0.268 e. The zero-order valence-corrected chi connectivity index (χ0v) is 49.4. The molecule has 0 aromatic heterocycles. The van der Waals surface area contributed by atoms with Crippen molar-refractivity contribution < 1.29 is 32.9 Å². The summed E-state index contributed by atoms with van der Waals surface area (Å²) in [6.07, 6.45) is 67.1. The molecule has 0 heterocycles. The molecule has 2 N–H and O–H groups in total. The van der Waals surface area contributed by atoms with Crippen LogP contribution in [0.15, 0.2) is 12.2 Å². The second kappa shape index (κ2) is 54.0. The number of rotatable bonds is 59. The minimum atomic E-state index is -4.57. The number of aliphatic hydroxyl groups excluding tert-OH is 1. The summed E-state index contributed by atoms with van der Waals surface area (Å²) in [4.78, 5) is 25.5. The van der Waals surface area contributed by atoms with Gasteiger partial charge in [0, 0.05) is 6.42 Å². The molecule has 8 nitrogen and oxygen atoms in total. The maximum atomic E-state index is 13.0. The zero-order chi connectivity index (χ0) is 52.0. The van der Waals surface area contributed by atoms with Gasteiger partial charge < -0.3 is 28.8 Å². The average Bonchev–Trinajstić information content (AvgIpc) is 3.33. The van der Waals surface area contributed by atoms with Crippen LogP contribution in [0, 0.1) is 0 Å². The lowest BCUT2D eigenvalue weighted by atomic mass is 10.0. The van der Waals surface area contributed by atoms with Crippen LogP contribution in [0.5, 0.6) is 0 Å². The highest BCUT2D eigenvalue weighted by molar-refractivity contribution is 7.45. The highest BCUT2D eigenvalue weighted by Gasteiger charge is 2.24. The van der Waals surface area contributed by atoms with Gasteiger partial charge in [0.1, 0.15) is 13.2 Å². The van der Waals surface area contributed by atoms with Crippen molar-refractivity contribution in [1.82, 2.24) is 5.32 Å². The number of phosphoric acid groups is 1. The molecule has 0 aliphatic carbocycles. The molecule has 3 atom stereocenters. The molecule has 0 saturated carbocycles. The molecule has 0 bridgehead atoms. The van der Waals surface area contributed by atoms with Crippen LogP contribution >= 0.6 is 7.82 Å². The third-order valence-corrected chi connectivity index (χ3v) is 15.7. The van der Waals surface area contributed by atoms with Crippen LogP contribution < -0.4 is 10.2 Å². The number of aliphatic hydroxyl groups is 1. The van der Waals surface area contributed by atoms with E-state index in [1.54, 1.807) is 0 Å². The summed E-state index contributed by atoms with van der Waals surface area (Å²) in [7, 11) is 1.32. The molecular weight excluding hydrogens is 900 g/mol. The van der Waals surface area contributed by atoms with Gasteiger partial charge >= 0.3 is 0 Å². The van der Waals surface area contributed by atoms with Crippen molar-refractivity contribution in [2.45, 2.75) is 341 Å². The van der Waals surface area contributed by atoms with Crippen LogP contribution in [0.2, 0.25) is 0 Å². The van der Waals surface area contributed by atoms with Crippen molar-refractivity contribution in [3.05, 3.63) is 12.2 Å². The van der Waals surface area contributed by atoms with Crippen molar-refractivity contribution in [2.75, 3.05) is 40.9 Å². The number of phosphoric ester groups is 1. The lowest BCUT2D eigenvalue weighted by molar-refractivity contribution is -0.870. The van der Waals surface area contributed by atoms with Gasteiger partial charge in [0.2, 0.25) is 5.91 Å². The molecular formula is C62H125N2O6P. The van der Waals surface area contributed by atoms with Crippen molar-refractivity contribution in [3.8, 4) is 0 Å². The third kappa shape index (κ3) is 56.8. The molecule has 71 heavy (non-hydrogen) atoms. The number of unbranched alkanes of at least 4 members (excludes halogenated alkanes) is 44. The molecule has 424 valence electrons. The Morgan fingerprint density at radius 3 is 1.10 bits per heavy atom. The van der Waals surface area contributed by atoms with Gasteiger partial charge in [0.15, 0.2) is 0 Å². The van der Waals surface area contributed by atoms with E-state index in [0.29, 0.717) is 23.9 Å². The number of quaternary nitrogens is 1. The second-order valence-corrected chi connectivity index (χ2v) is 24.5. The molecule has 0 spiro atoms. The largest absolute Gasteiger partial charge is 0.756 e. The Morgan fingerprint density at radius 2 is 0.775 bits per heavy atom. The van der Waals surface area contributed by atoms with Crippen molar-refractivity contribution in [1.29, 1.82) is 0 Å². The number of amides is 1. The second-order valence-electron chi connectivity index (χ2n) is 23.1. The summed E-state index contributed by atoms with van der Waals surface area (Å²) in [6, 6.07) is -0.796. The van der Waals surface area contributed by atoms with E-state index in [-0.39, 0.29) is 19.1 Å². The maximum absolute atomic E-state index is 13.0. The van der Waals surface area contributed by atoms with E-state index in [1.165, 1.54) is 263 Å². The summed E-state index contributed by atoms with van der Waals surface area (Å²) < 4.78 is 23.4. The topological polar surface area (TPSA) is 108 Å². The van der Waals surface area contributed by atoms with E-state index >= 15 is 0 Å². The highest BCUT2D eigenvalue weighted by atomic mass is 31.2. The standard InChI is InChI=1S/C62H125N2O6P/c1-6-8-10-12-14-16-18-20-22-23-24-25-26-27-28-29-30-31-32-33-34-35-36-37-38-39-40-41-42-44-46-48-50-52-54-56-62(66)63-60(59-70-71(67,68)69-58-57-64(3,4)5)61(65)55-53-51-49-47-45-43-21-19-17-15-13-11-9-7-2/h29-30,60-61,65H,6-28,31-59H2,1-5H3,(H-,63,66,67,68)/b30-29-. The lowest BCUT2D eigenvalue weighted by Crippen LogP contribution is -2.46. The minimum absolute atomic E-state index is 0.0153. The van der Waals surface area contributed by atoms with Crippen molar-refractivity contribution in [3.63, 3.8) is 0 Å². The number of allylic oxidation sites excluding steroid dienone is 2. The predicted octanol–water partition coefficient (Wildman–Crippen LogP) is 18.8. The number of carbonyl (C=O) groups is 1. The van der Waals surface area contributed by atoms with Crippen molar-refractivity contribution >= 4 is 13.7 Å². The number of hydrogen-bond donors (Lipinski definition) is 2. The average molecular weight is 1030 g/mol. The Hall–Kier alpha value is -0.760. The normalized spacial score (nSPS) is 13.8. The van der Waals surface area contributed by atoms with Crippen LogP contribution in [0.25, 0.3) is 0 Å². The van der Waals surface area contributed by atoms with Crippen molar-refractivity contribution in [2.24, 2.45) is 0 Å². The highest BCUT2D eigenvalue weighted by Crippen LogP contribution is 2.38. The Kier molecular flexibility index (Phi) is 53.5. The molecule has 0 rings (SSSR count). The fourth-order valence-electron chi connectivity index (χ4n) is 9.80. The Labute approximate surface area is 443 Å². The Bertz CT molecular complexity index is 1160. The first-order valence-corrected chi connectivity index (χ1v) is 33.0. The van der Waals surface area contributed by atoms with Gasteiger partial charge in [-0.2, -0.15) is 0 Å². The molecule has 1 amide bonds. The lowest BCUT2D eigenvalue weighted by Gasteiger charge is -2.30. The SMILES string of the molecule is CCCCCCCCCCCCCCCC/C=C\CCCCCCCCCCCCCCCCCCCC(=O)NC(COP(=O)([O-])OCC[N+](C)(C)C)C(O)CCCCCCCCCCCCCCCC. The number of likely N-dealkylation sites (N-methyl/N-ethyl adjacent to an activating group) is 1. The van der Waals surface area contributed by atoms with Gasteiger partial charge in [-0.1, -0.05) is 296 Å². The molecule has 0 aliphatic heterocycles. The van der Waals surface area contributed by atoms with Gasteiger partial charge in [-0.05, 0) is 38.5 Å². The monoisotopic (exact) mass is 1020 g/mol. The van der Waals surface area contributed by atoms with E-state index in [9.17, 15) is 19.4 Å². The quantitative estimate of drug-likeness (QED) is 0.0272. The molecule has 0 radical (unpaired) electrons.